The van der Waals surface area contributed by atoms with Gasteiger partial charge in [0.15, 0.2) is 0 Å². The molecule has 1 aliphatic rings. The predicted molar refractivity (Wildman–Crippen MR) is 94.2 cm³/mol. The number of rotatable bonds is 4. The number of benzene rings is 1. The van der Waals surface area contributed by atoms with Crippen LogP contribution in [0.2, 0.25) is 0 Å². The van der Waals surface area contributed by atoms with E-state index in [1.165, 1.54) is 23.1 Å². The van der Waals surface area contributed by atoms with Crippen molar-refractivity contribution in [1.29, 1.82) is 0 Å². The number of carbonyl (C=O) groups excluding carboxylic acids is 2. The number of phenols is 1. The molecule has 0 spiro atoms. The molecule has 8 heteroatoms. The Bertz CT molecular complexity index is 725. The fourth-order valence-corrected chi connectivity index (χ4v) is 2.86. The van der Waals surface area contributed by atoms with Gasteiger partial charge in [-0.15, -0.1) is 0 Å². The highest BCUT2D eigenvalue weighted by atomic mass is 16.6. The van der Waals surface area contributed by atoms with Gasteiger partial charge in [0.1, 0.15) is 23.4 Å². The fourth-order valence-electron chi connectivity index (χ4n) is 2.86. The van der Waals surface area contributed by atoms with Crippen LogP contribution in [0.5, 0.6) is 5.75 Å². The van der Waals surface area contributed by atoms with E-state index in [9.17, 15) is 24.6 Å². The Labute approximate surface area is 151 Å². The zero-order valence-corrected chi connectivity index (χ0v) is 15.3. The molecule has 8 nitrogen and oxygen atoms in total. The summed E-state index contributed by atoms with van der Waals surface area (Å²) < 4.78 is 5.17. The van der Waals surface area contributed by atoms with E-state index in [1.54, 1.807) is 27.7 Å². The van der Waals surface area contributed by atoms with E-state index in [4.69, 9.17) is 4.74 Å². The van der Waals surface area contributed by atoms with Crippen molar-refractivity contribution in [2.75, 3.05) is 4.90 Å². The lowest BCUT2D eigenvalue weighted by Gasteiger charge is -2.28. The van der Waals surface area contributed by atoms with Crippen molar-refractivity contribution in [2.45, 2.75) is 58.2 Å². The summed E-state index contributed by atoms with van der Waals surface area (Å²) in [5, 5.41) is 21.6. The van der Waals surface area contributed by atoms with Gasteiger partial charge in [0.05, 0.1) is 0 Å². The molecule has 142 valence electrons. The molecule has 2 atom stereocenters. The molecule has 2 amide bonds. The highest BCUT2D eigenvalue weighted by molar-refractivity contribution is 6.05. The number of hydrogen-bond acceptors (Lipinski definition) is 5. The average molecular weight is 364 g/mol. The van der Waals surface area contributed by atoms with Crippen LogP contribution in [0, 0.1) is 0 Å². The Morgan fingerprint density at radius 3 is 2.54 bits per heavy atom. The Hall–Kier alpha value is -2.77. The Morgan fingerprint density at radius 2 is 2.00 bits per heavy atom. The number of carbonyl (C=O) groups is 3. The summed E-state index contributed by atoms with van der Waals surface area (Å²) in [6.07, 6.45) is -0.378. The molecule has 1 aromatic rings. The molecule has 0 radical (unpaired) electrons. The molecular weight excluding hydrogens is 340 g/mol. The summed E-state index contributed by atoms with van der Waals surface area (Å²) >= 11 is 0. The lowest BCUT2D eigenvalue weighted by molar-refractivity contribution is -0.140. The predicted octanol–water partition coefficient (Wildman–Crippen LogP) is 2.04. The van der Waals surface area contributed by atoms with Gasteiger partial charge in [-0.3, -0.25) is 9.69 Å². The van der Waals surface area contributed by atoms with Crippen LogP contribution >= 0.6 is 0 Å². The first-order valence-electron chi connectivity index (χ1n) is 8.40. The third-order valence-corrected chi connectivity index (χ3v) is 3.97. The number of aliphatic carboxylic acids is 1. The molecule has 1 heterocycles. The van der Waals surface area contributed by atoms with Gasteiger partial charge in [0, 0.05) is 12.1 Å². The summed E-state index contributed by atoms with van der Waals surface area (Å²) in [6, 6.07) is 2.33. The number of fused-ring (bicyclic) bond motifs is 1. The van der Waals surface area contributed by atoms with Gasteiger partial charge in [-0.1, -0.05) is 6.92 Å². The number of carboxylic acid groups (broad SMARTS) is 1. The molecular formula is C18H24N2O6. The molecule has 0 saturated heterocycles. The number of alkyl carbamates (subject to hydrolysis) is 1. The second kappa shape index (κ2) is 7.23. The second-order valence-corrected chi connectivity index (χ2v) is 7.19. The van der Waals surface area contributed by atoms with Crippen LogP contribution in [-0.2, 0) is 20.7 Å². The minimum absolute atomic E-state index is 0.00103. The third-order valence-electron chi connectivity index (χ3n) is 3.97. The summed E-state index contributed by atoms with van der Waals surface area (Å²) in [4.78, 5) is 37.8. The van der Waals surface area contributed by atoms with Crippen LogP contribution in [0.15, 0.2) is 18.2 Å². The number of hydrogen-bond donors (Lipinski definition) is 3. The minimum Gasteiger partial charge on any atom is -0.508 e. The zero-order chi connectivity index (χ0) is 19.6. The van der Waals surface area contributed by atoms with Crippen LogP contribution in [0.25, 0.3) is 0 Å². The number of nitrogens with zero attached hydrogens (tertiary/aromatic N) is 1. The molecule has 3 N–H and O–H groups in total. The van der Waals surface area contributed by atoms with Crippen LogP contribution in [-0.4, -0.2) is 45.9 Å². The van der Waals surface area contributed by atoms with Gasteiger partial charge in [0.2, 0.25) is 0 Å². The first-order chi connectivity index (χ1) is 12.0. The van der Waals surface area contributed by atoms with Crippen LogP contribution in [0.1, 0.15) is 39.7 Å². The van der Waals surface area contributed by atoms with E-state index < -0.39 is 35.7 Å². The largest absolute Gasteiger partial charge is 0.508 e. The fraction of sp³-hybridized carbons (Fsp3) is 0.500. The Morgan fingerprint density at radius 1 is 1.35 bits per heavy atom. The number of ether oxygens (including phenoxy) is 1. The average Bonchev–Trinajstić information content (AvgIpc) is 2.88. The van der Waals surface area contributed by atoms with Crippen molar-refractivity contribution < 1.29 is 29.3 Å². The smallest absolute Gasteiger partial charge is 0.408 e. The van der Waals surface area contributed by atoms with Crippen molar-refractivity contribution in [3.63, 3.8) is 0 Å². The first kappa shape index (κ1) is 19.6. The number of nitrogens with one attached hydrogen (secondary N) is 1. The van der Waals surface area contributed by atoms with Gasteiger partial charge in [-0.2, -0.15) is 0 Å². The maximum atomic E-state index is 13.0. The number of phenolic OH excluding ortho intramolecular Hbond substituents is 1. The molecule has 0 bridgehead atoms. The standard InChI is InChI=1S/C18H24N2O6/c1-5-12(19-17(25)26-18(2,3)4)15(22)20-13-7-6-11(21)8-10(13)9-14(20)16(23)24/h6-8,12,14,21H,5,9H2,1-4H3,(H,19,25)(H,23,24)/t12-,14+/m0/s1. The minimum atomic E-state index is -1.15. The van der Waals surface area contributed by atoms with E-state index in [1.807, 2.05) is 0 Å². The summed E-state index contributed by atoms with van der Waals surface area (Å²) in [6.45, 7) is 6.83. The highest BCUT2D eigenvalue weighted by Crippen LogP contribution is 2.35. The molecule has 1 aromatic carbocycles. The van der Waals surface area contributed by atoms with E-state index in [-0.39, 0.29) is 18.6 Å². The quantitative estimate of drug-likeness (QED) is 0.753. The van der Waals surface area contributed by atoms with E-state index in [0.717, 1.165) is 0 Å². The monoisotopic (exact) mass is 364 g/mol. The lowest BCUT2D eigenvalue weighted by atomic mass is 10.1. The third kappa shape index (κ3) is 4.25. The molecule has 0 saturated carbocycles. The van der Waals surface area contributed by atoms with E-state index in [0.29, 0.717) is 11.3 Å². The van der Waals surface area contributed by atoms with Crippen molar-refractivity contribution in [3.05, 3.63) is 23.8 Å². The number of carboxylic acids is 1. The second-order valence-electron chi connectivity index (χ2n) is 7.19. The van der Waals surface area contributed by atoms with Gasteiger partial charge in [-0.25, -0.2) is 9.59 Å². The number of aromatic hydroxyl groups is 1. The van der Waals surface area contributed by atoms with Gasteiger partial charge in [0.25, 0.3) is 5.91 Å². The molecule has 26 heavy (non-hydrogen) atoms. The number of amides is 2. The van der Waals surface area contributed by atoms with E-state index in [2.05, 4.69) is 5.32 Å². The first-order valence-corrected chi connectivity index (χ1v) is 8.40. The Balaban J connectivity index is 2.27. The van der Waals surface area contributed by atoms with Gasteiger partial charge in [-0.05, 0) is 51.0 Å². The molecule has 0 aliphatic carbocycles. The van der Waals surface area contributed by atoms with Crippen molar-refractivity contribution in [3.8, 4) is 5.75 Å². The van der Waals surface area contributed by atoms with Gasteiger partial charge < -0.3 is 20.3 Å². The normalized spacial score (nSPS) is 17.4. The van der Waals surface area contributed by atoms with Crippen LogP contribution in [0.3, 0.4) is 0 Å². The maximum Gasteiger partial charge on any atom is 0.408 e. The van der Waals surface area contributed by atoms with Crippen LogP contribution in [0.4, 0.5) is 10.5 Å². The van der Waals surface area contributed by atoms with Crippen molar-refractivity contribution >= 4 is 23.7 Å². The van der Waals surface area contributed by atoms with Crippen molar-refractivity contribution in [1.82, 2.24) is 5.32 Å². The SMILES string of the molecule is CC[C@H](NC(=O)OC(C)(C)C)C(=O)N1c2ccc(O)cc2C[C@@H]1C(=O)O. The van der Waals surface area contributed by atoms with Crippen LogP contribution < -0.4 is 10.2 Å². The van der Waals surface area contributed by atoms with Gasteiger partial charge >= 0.3 is 12.1 Å². The molecule has 0 unspecified atom stereocenters. The molecule has 0 aromatic heterocycles. The van der Waals surface area contributed by atoms with E-state index >= 15 is 0 Å². The summed E-state index contributed by atoms with van der Waals surface area (Å²) in [5.41, 5.74) is 0.273. The highest BCUT2D eigenvalue weighted by Gasteiger charge is 2.41. The summed E-state index contributed by atoms with van der Waals surface area (Å²) in [7, 11) is 0. The maximum absolute atomic E-state index is 13.0. The topological polar surface area (TPSA) is 116 Å². The molecule has 2 rings (SSSR count). The molecule has 0 fully saturated rings. The zero-order valence-electron chi connectivity index (χ0n) is 15.3. The Kier molecular flexibility index (Phi) is 5.44. The summed E-state index contributed by atoms with van der Waals surface area (Å²) in [5.74, 6) is -1.68. The lowest BCUT2D eigenvalue weighted by Crippen LogP contribution is -2.53. The number of anilines is 1. The molecule has 1 aliphatic heterocycles. The van der Waals surface area contributed by atoms with Crippen molar-refractivity contribution in [2.24, 2.45) is 0 Å².